The highest BCUT2D eigenvalue weighted by atomic mass is 32.2. The predicted molar refractivity (Wildman–Crippen MR) is 127 cm³/mol. The van der Waals surface area contributed by atoms with E-state index in [1.165, 1.54) is 31.5 Å². The maximum atomic E-state index is 12.5. The smallest absolute Gasteiger partial charge is 0.343 e. The van der Waals surface area contributed by atoms with E-state index in [2.05, 4.69) is 20.6 Å². The molecule has 11 heteroatoms. The van der Waals surface area contributed by atoms with Crippen molar-refractivity contribution in [2.75, 3.05) is 37.2 Å². The highest BCUT2D eigenvalue weighted by Gasteiger charge is 2.20. The predicted octanol–water partition coefficient (Wildman–Crippen LogP) is 2.95. The van der Waals surface area contributed by atoms with Crippen LogP contribution in [0, 0.1) is 0 Å². The molecule has 0 aliphatic carbocycles. The van der Waals surface area contributed by atoms with E-state index in [0.717, 1.165) is 11.8 Å². The summed E-state index contributed by atoms with van der Waals surface area (Å²) in [5.41, 5.74) is 1.32. The van der Waals surface area contributed by atoms with Crippen molar-refractivity contribution in [3.8, 4) is 5.75 Å². The summed E-state index contributed by atoms with van der Waals surface area (Å²) >= 11 is 0. The Bertz CT molecular complexity index is 1250. The molecule has 34 heavy (non-hydrogen) atoms. The molecular formula is C23H26N4O6S. The van der Waals surface area contributed by atoms with Gasteiger partial charge >= 0.3 is 5.97 Å². The van der Waals surface area contributed by atoms with Crippen LogP contribution in [0.1, 0.15) is 28.9 Å². The van der Waals surface area contributed by atoms with Gasteiger partial charge in [0.15, 0.2) is 9.84 Å². The molecule has 0 unspecified atom stereocenters. The third-order valence-electron chi connectivity index (χ3n) is 4.83. The van der Waals surface area contributed by atoms with Gasteiger partial charge in [0, 0.05) is 18.5 Å². The van der Waals surface area contributed by atoms with Gasteiger partial charge in [-0.1, -0.05) is 30.3 Å². The molecular weight excluding hydrogens is 460 g/mol. The van der Waals surface area contributed by atoms with E-state index in [1.807, 2.05) is 30.3 Å². The number of nitrogens with zero attached hydrogens (tertiary/aromatic N) is 2. The Hall–Kier alpha value is -3.70. The van der Waals surface area contributed by atoms with Gasteiger partial charge < -0.3 is 25.2 Å². The van der Waals surface area contributed by atoms with Crippen molar-refractivity contribution in [1.29, 1.82) is 0 Å². The molecule has 0 spiro atoms. The number of aromatic nitrogens is 2. The van der Waals surface area contributed by atoms with Crippen LogP contribution in [0.4, 0.5) is 17.5 Å². The molecule has 10 nitrogen and oxygen atoms in total. The van der Waals surface area contributed by atoms with Crippen molar-refractivity contribution in [3.63, 3.8) is 0 Å². The van der Waals surface area contributed by atoms with E-state index in [1.54, 1.807) is 6.92 Å². The number of rotatable bonds is 10. The number of methoxy groups -OCH3 is 1. The lowest BCUT2D eigenvalue weighted by molar-refractivity contribution is 0.0526. The second-order valence-electron chi connectivity index (χ2n) is 7.23. The van der Waals surface area contributed by atoms with Crippen LogP contribution in [-0.2, 0) is 14.6 Å². The normalized spacial score (nSPS) is 12.0. The second kappa shape index (κ2) is 10.9. The Morgan fingerprint density at radius 2 is 1.91 bits per heavy atom. The monoisotopic (exact) mass is 486 g/mol. The van der Waals surface area contributed by atoms with Gasteiger partial charge in [0.1, 0.15) is 17.1 Å². The molecule has 0 saturated carbocycles. The van der Waals surface area contributed by atoms with Gasteiger partial charge in [0.2, 0.25) is 5.95 Å². The molecule has 0 radical (unpaired) electrons. The van der Waals surface area contributed by atoms with E-state index in [-0.39, 0.29) is 41.2 Å². The van der Waals surface area contributed by atoms with Crippen molar-refractivity contribution in [2.24, 2.45) is 0 Å². The van der Waals surface area contributed by atoms with Crippen LogP contribution < -0.4 is 15.4 Å². The highest BCUT2D eigenvalue weighted by Crippen LogP contribution is 2.30. The highest BCUT2D eigenvalue weighted by molar-refractivity contribution is 7.90. The number of hydrogen-bond donors (Lipinski definition) is 3. The van der Waals surface area contributed by atoms with Crippen LogP contribution in [-0.4, -0.2) is 56.0 Å². The number of aliphatic hydroxyl groups is 1. The maximum absolute atomic E-state index is 12.5. The first-order chi connectivity index (χ1) is 16.3. The summed E-state index contributed by atoms with van der Waals surface area (Å²) in [7, 11) is -2.01. The number of nitrogens with one attached hydrogen (secondary N) is 2. The van der Waals surface area contributed by atoms with Gasteiger partial charge in [-0.25, -0.2) is 18.2 Å². The van der Waals surface area contributed by atoms with E-state index in [9.17, 15) is 18.3 Å². The van der Waals surface area contributed by atoms with Gasteiger partial charge in [-0.15, -0.1) is 0 Å². The van der Waals surface area contributed by atoms with Crippen molar-refractivity contribution in [3.05, 3.63) is 65.9 Å². The minimum Gasteiger partial charge on any atom is -0.495 e. The maximum Gasteiger partial charge on any atom is 0.343 e. The number of carbonyl (C=O) groups excluding carboxylic acids is 1. The summed E-state index contributed by atoms with van der Waals surface area (Å²) in [5.74, 6) is -0.0688. The summed E-state index contributed by atoms with van der Waals surface area (Å²) in [6, 6.07) is 13.0. The lowest BCUT2D eigenvalue weighted by Gasteiger charge is -2.20. The minimum absolute atomic E-state index is 0.0983. The van der Waals surface area contributed by atoms with Crippen LogP contribution in [0.5, 0.6) is 5.75 Å². The first-order valence-electron chi connectivity index (χ1n) is 10.4. The molecule has 3 aromatic rings. The Morgan fingerprint density at radius 3 is 2.53 bits per heavy atom. The number of benzene rings is 2. The summed E-state index contributed by atoms with van der Waals surface area (Å²) in [4.78, 5) is 21.2. The summed E-state index contributed by atoms with van der Waals surface area (Å²) in [5, 5.41) is 16.0. The molecule has 1 atom stereocenters. The van der Waals surface area contributed by atoms with Gasteiger partial charge in [0.05, 0.1) is 36.9 Å². The van der Waals surface area contributed by atoms with Gasteiger partial charge in [-0.2, -0.15) is 4.98 Å². The molecule has 0 bridgehead atoms. The zero-order valence-corrected chi connectivity index (χ0v) is 19.8. The standard InChI is InChI=1S/C23H26N4O6S/c1-4-33-22(29)17-13-24-23(26-18-11-10-16(34(3,30)31)12-20(18)32-2)27-21(17)25-19(14-28)15-8-6-5-7-9-15/h5-13,19,28H,4,14H2,1-3H3,(H2,24,25,26,27)/t19-/m1/s1. The second-order valence-corrected chi connectivity index (χ2v) is 9.24. The van der Waals surface area contributed by atoms with Crippen molar-refractivity contribution in [1.82, 2.24) is 9.97 Å². The quantitative estimate of drug-likeness (QED) is 0.366. The Balaban J connectivity index is 1.98. The molecule has 180 valence electrons. The lowest BCUT2D eigenvalue weighted by atomic mass is 10.1. The van der Waals surface area contributed by atoms with Crippen LogP contribution >= 0.6 is 0 Å². The summed E-state index contributed by atoms with van der Waals surface area (Å²) in [6.45, 7) is 1.61. The third-order valence-corrected chi connectivity index (χ3v) is 5.94. The third kappa shape index (κ3) is 6.00. The van der Waals surface area contributed by atoms with E-state index >= 15 is 0 Å². The average Bonchev–Trinajstić information content (AvgIpc) is 2.83. The fraction of sp³-hybridized carbons (Fsp3) is 0.261. The van der Waals surface area contributed by atoms with Gasteiger partial charge in [0.25, 0.3) is 0 Å². The summed E-state index contributed by atoms with van der Waals surface area (Å²) in [6.07, 6.45) is 2.42. The molecule has 1 aromatic heterocycles. The number of ether oxygens (including phenoxy) is 2. The largest absolute Gasteiger partial charge is 0.495 e. The lowest BCUT2D eigenvalue weighted by Crippen LogP contribution is -2.19. The minimum atomic E-state index is -3.42. The molecule has 1 heterocycles. The molecule has 0 amide bonds. The number of sulfone groups is 1. The molecule has 3 rings (SSSR count). The van der Waals surface area contributed by atoms with Crippen LogP contribution in [0.3, 0.4) is 0 Å². The molecule has 3 N–H and O–H groups in total. The molecule has 0 aliphatic heterocycles. The first-order valence-corrected chi connectivity index (χ1v) is 12.3. The fourth-order valence-corrected chi connectivity index (χ4v) is 3.76. The molecule has 0 fully saturated rings. The van der Waals surface area contributed by atoms with Gasteiger partial charge in [-0.3, -0.25) is 0 Å². The van der Waals surface area contributed by atoms with Crippen LogP contribution in [0.2, 0.25) is 0 Å². The molecule has 0 aliphatic rings. The topological polar surface area (TPSA) is 140 Å². The first kappa shape index (κ1) is 24.9. The SMILES string of the molecule is CCOC(=O)c1cnc(Nc2ccc(S(C)(=O)=O)cc2OC)nc1N[C@H](CO)c1ccccc1. The fourth-order valence-electron chi connectivity index (χ4n) is 3.12. The Morgan fingerprint density at radius 1 is 1.18 bits per heavy atom. The van der Waals surface area contributed by atoms with Crippen LogP contribution in [0.25, 0.3) is 0 Å². The number of aliphatic hydroxyl groups excluding tert-OH is 1. The van der Waals surface area contributed by atoms with Crippen molar-refractivity contribution < 1.29 is 27.8 Å². The molecule has 0 saturated heterocycles. The number of anilines is 3. The van der Waals surface area contributed by atoms with E-state index in [4.69, 9.17) is 9.47 Å². The van der Waals surface area contributed by atoms with E-state index < -0.39 is 21.8 Å². The van der Waals surface area contributed by atoms with Crippen molar-refractivity contribution >= 4 is 33.3 Å². The Labute approximate surface area is 197 Å². The van der Waals surface area contributed by atoms with Gasteiger partial charge in [-0.05, 0) is 24.6 Å². The molecule has 2 aromatic carbocycles. The number of carbonyl (C=O) groups is 1. The number of esters is 1. The average molecular weight is 487 g/mol. The van der Waals surface area contributed by atoms with Crippen molar-refractivity contribution in [2.45, 2.75) is 17.9 Å². The van der Waals surface area contributed by atoms with Crippen LogP contribution in [0.15, 0.2) is 59.6 Å². The Kier molecular flexibility index (Phi) is 8.03. The summed E-state index contributed by atoms with van der Waals surface area (Å²) < 4.78 is 34.1. The number of hydrogen-bond acceptors (Lipinski definition) is 10. The zero-order chi connectivity index (χ0) is 24.7. The van der Waals surface area contributed by atoms with E-state index in [0.29, 0.717) is 5.69 Å². The zero-order valence-electron chi connectivity index (χ0n) is 19.0.